The number of hydrogen-bond acceptors (Lipinski definition) is 6. The molecule has 0 aromatic carbocycles. The predicted octanol–water partition coefficient (Wildman–Crippen LogP) is 1.15. The lowest BCUT2D eigenvalue weighted by Gasteiger charge is -2.24. The summed E-state index contributed by atoms with van der Waals surface area (Å²) in [7, 11) is 1.63. The zero-order chi connectivity index (χ0) is 18.1. The highest BCUT2D eigenvalue weighted by Crippen LogP contribution is 2.15. The number of carbonyl (C=O) groups excluding carboxylic acids is 2. The summed E-state index contributed by atoms with van der Waals surface area (Å²) in [5, 5.41) is 6.61. The number of aromatic nitrogens is 1. The summed E-state index contributed by atoms with van der Waals surface area (Å²) in [5.74, 6) is 0.258. The topological polar surface area (TPSA) is 93.9 Å². The molecule has 140 valence electrons. The summed E-state index contributed by atoms with van der Waals surface area (Å²) in [5.41, 5.74) is 0.260. The van der Waals surface area contributed by atoms with Crippen molar-refractivity contribution >= 4 is 11.8 Å². The first-order chi connectivity index (χ1) is 12.1. The van der Waals surface area contributed by atoms with Gasteiger partial charge in [0.2, 0.25) is 5.91 Å². The van der Waals surface area contributed by atoms with E-state index in [2.05, 4.69) is 10.5 Å². The highest BCUT2D eigenvalue weighted by Gasteiger charge is 2.25. The number of carbonyl (C=O) groups is 2. The number of rotatable bonds is 10. The Morgan fingerprint density at radius 3 is 2.96 bits per heavy atom. The van der Waals surface area contributed by atoms with Crippen LogP contribution in [0.3, 0.4) is 0 Å². The van der Waals surface area contributed by atoms with Crippen molar-refractivity contribution in [3.8, 4) is 0 Å². The van der Waals surface area contributed by atoms with E-state index in [0.717, 1.165) is 25.9 Å². The van der Waals surface area contributed by atoms with Gasteiger partial charge in [0.1, 0.15) is 5.76 Å². The molecule has 1 aliphatic heterocycles. The van der Waals surface area contributed by atoms with Crippen LogP contribution in [0.15, 0.2) is 10.6 Å². The molecule has 8 nitrogen and oxygen atoms in total. The van der Waals surface area contributed by atoms with Crippen molar-refractivity contribution in [3.63, 3.8) is 0 Å². The van der Waals surface area contributed by atoms with Gasteiger partial charge in [0.15, 0.2) is 5.69 Å². The predicted molar refractivity (Wildman–Crippen MR) is 90.2 cm³/mol. The largest absolute Gasteiger partial charge is 0.385 e. The first kappa shape index (κ1) is 19.4. The summed E-state index contributed by atoms with van der Waals surface area (Å²) < 4.78 is 15.6. The van der Waals surface area contributed by atoms with Crippen LogP contribution >= 0.6 is 0 Å². The van der Waals surface area contributed by atoms with E-state index in [4.69, 9.17) is 14.0 Å². The van der Waals surface area contributed by atoms with Crippen LogP contribution in [0.4, 0.5) is 0 Å². The Bertz CT molecular complexity index is 554. The van der Waals surface area contributed by atoms with Gasteiger partial charge < -0.3 is 24.2 Å². The second-order valence-corrected chi connectivity index (χ2v) is 6.16. The first-order valence-corrected chi connectivity index (χ1v) is 8.70. The third kappa shape index (κ3) is 6.47. The lowest BCUT2D eigenvalue weighted by molar-refractivity contribution is -0.121. The molecule has 2 amide bonds. The zero-order valence-electron chi connectivity index (χ0n) is 15.0. The molecule has 0 saturated carbocycles. The van der Waals surface area contributed by atoms with Gasteiger partial charge in [0.05, 0.1) is 6.10 Å². The van der Waals surface area contributed by atoms with Gasteiger partial charge in [-0.1, -0.05) is 5.16 Å². The van der Waals surface area contributed by atoms with Gasteiger partial charge in [-0.25, -0.2) is 0 Å². The van der Waals surface area contributed by atoms with E-state index in [1.807, 2.05) is 0 Å². The first-order valence-electron chi connectivity index (χ1n) is 8.70. The molecular weight excluding hydrogens is 326 g/mol. The number of nitrogens with zero attached hydrogens (tertiary/aromatic N) is 2. The fourth-order valence-electron chi connectivity index (χ4n) is 2.71. The fraction of sp³-hybridized carbons (Fsp3) is 0.706. The van der Waals surface area contributed by atoms with Crippen LogP contribution in [-0.2, 0) is 14.3 Å². The van der Waals surface area contributed by atoms with Gasteiger partial charge in [-0.2, -0.15) is 0 Å². The number of aryl methyl sites for hydroxylation is 1. The van der Waals surface area contributed by atoms with Crippen LogP contribution in [0.2, 0.25) is 0 Å². The van der Waals surface area contributed by atoms with Gasteiger partial charge in [-0.05, 0) is 26.2 Å². The van der Waals surface area contributed by atoms with Crippen molar-refractivity contribution in [2.75, 3.05) is 40.0 Å². The molecule has 0 bridgehead atoms. The minimum atomic E-state index is -0.237. The monoisotopic (exact) mass is 353 g/mol. The number of nitrogens with one attached hydrogen (secondary N) is 1. The fourth-order valence-corrected chi connectivity index (χ4v) is 2.71. The molecule has 2 heterocycles. The van der Waals surface area contributed by atoms with E-state index in [1.165, 1.54) is 0 Å². The molecule has 1 N–H and O–H groups in total. The van der Waals surface area contributed by atoms with E-state index in [9.17, 15) is 9.59 Å². The quantitative estimate of drug-likeness (QED) is 0.634. The van der Waals surface area contributed by atoms with Crippen molar-refractivity contribution in [1.82, 2.24) is 15.4 Å². The molecule has 0 aliphatic carbocycles. The van der Waals surface area contributed by atoms with Gasteiger partial charge in [0.25, 0.3) is 5.91 Å². The molecule has 1 atom stereocenters. The Hall–Kier alpha value is -1.93. The summed E-state index contributed by atoms with van der Waals surface area (Å²) in [6, 6.07) is 1.61. The Balaban J connectivity index is 1.87. The van der Waals surface area contributed by atoms with Crippen LogP contribution in [-0.4, -0.2) is 67.9 Å². The van der Waals surface area contributed by atoms with Crippen molar-refractivity contribution in [2.45, 2.75) is 38.7 Å². The van der Waals surface area contributed by atoms with Crippen LogP contribution in [0.5, 0.6) is 0 Å². The normalized spacial score (nSPS) is 16.8. The van der Waals surface area contributed by atoms with Crippen LogP contribution in [0.1, 0.15) is 41.9 Å². The van der Waals surface area contributed by atoms with Crippen LogP contribution < -0.4 is 5.32 Å². The maximum atomic E-state index is 12.7. The highest BCUT2D eigenvalue weighted by atomic mass is 16.5. The Morgan fingerprint density at radius 1 is 1.48 bits per heavy atom. The SMILES string of the molecule is COCCCNC(=O)CCN(CC1CCCO1)C(=O)c1cc(C)on1. The van der Waals surface area contributed by atoms with Gasteiger partial charge in [0, 0.05) is 52.4 Å². The maximum Gasteiger partial charge on any atom is 0.276 e. The van der Waals surface area contributed by atoms with Crippen molar-refractivity contribution < 1.29 is 23.6 Å². The lowest BCUT2D eigenvalue weighted by atomic mass is 10.2. The van der Waals surface area contributed by atoms with E-state index in [1.54, 1.807) is 25.0 Å². The molecule has 1 aliphatic rings. The van der Waals surface area contributed by atoms with Crippen molar-refractivity contribution in [2.24, 2.45) is 0 Å². The molecule has 1 saturated heterocycles. The zero-order valence-corrected chi connectivity index (χ0v) is 15.0. The molecule has 1 aromatic heterocycles. The summed E-state index contributed by atoms with van der Waals surface area (Å²) in [6.07, 6.45) is 2.93. The third-order valence-electron chi connectivity index (χ3n) is 4.04. The molecule has 1 fully saturated rings. The van der Waals surface area contributed by atoms with E-state index < -0.39 is 0 Å². The van der Waals surface area contributed by atoms with Crippen LogP contribution in [0.25, 0.3) is 0 Å². The molecular formula is C17H27N3O5. The van der Waals surface area contributed by atoms with Gasteiger partial charge in [-0.15, -0.1) is 0 Å². The van der Waals surface area contributed by atoms with Crippen LogP contribution in [0, 0.1) is 6.92 Å². The molecule has 0 spiro atoms. The number of hydrogen-bond donors (Lipinski definition) is 1. The third-order valence-corrected chi connectivity index (χ3v) is 4.04. The summed E-state index contributed by atoms with van der Waals surface area (Å²) in [6.45, 7) is 4.41. The van der Waals surface area contributed by atoms with Gasteiger partial charge in [-0.3, -0.25) is 9.59 Å². The Kier molecular flexibility index (Phi) is 7.87. The second kappa shape index (κ2) is 10.1. The average Bonchev–Trinajstić information content (AvgIpc) is 3.26. The standard InChI is InChI=1S/C17H27N3O5/c1-13-11-15(19-25-13)17(22)20(12-14-5-3-10-24-14)8-6-16(21)18-7-4-9-23-2/h11,14H,3-10,12H2,1-2H3,(H,18,21). The molecule has 25 heavy (non-hydrogen) atoms. The number of methoxy groups -OCH3 is 1. The summed E-state index contributed by atoms with van der Waals surface area (Å²) in [4.78, 5) is 26.2. The number of ether oxygens (including phenoxy) is 2. The molecule has 0 radical (unpaired) electrons. The van der Waals surface area contributed by atoms with Crippen molar-refractivity contribution in [3.05, 3.63) is 17.5 Å². The van der Waals surface area contributed by atoms with E-state index >= 15 is 0 Å². The Labute approximate surface area is 147 Å². The maximum absolute atomic E-state index is 12.7. The minimum Gasteiger partial charge on any atom is -0.385 e. The Morgan fingerprint density at radius 2 is 2.32 bits per heavy atom. The number of amides is 2. The summed E-state index contributed by atoms with van der Waals surface area (Å²) >= 11 is 0. The minimum absolute atomic E-state index is 0.0155. The average molecular weight is 353 g/mol. The van der Waals surface area contributed by atoms with E-state index in [-0.39, 0.29) is 30.0 Å². The van der Waals surface area contributed by atoms with E-state index in [0.29, 0.717) is 32.0 Å². The van der Waals surface area contributed by atoms with Crippen molar-refractivity contribution in [1.29, 1.82) is 0 Å². The van der Waals surface area contributed by atoms with Gasteiger partial charge >= 0.3 is 0 Å². The smallest absolute Gasteiger partial charge is 0.276 e. The highest BCUT2D eigenvalue weighted by molar-refractivity contribution is 5.92. The molecule has 1 unspecified atom stereocenters. The molecule has 1 aromatic rings. The lowest BCUT2D eigenvalue weighted by Crippen LogP contribution is -2.40. The molecule has 8 heteroatoms. The molecule has 2 rings (SSSR count). The second-order valence-electron chi connectivity index (χ2n) is 6.16.